The molecule has 0 spiro atoms. The molecule has 0 bridgehead atoms. The van der Waals surface area contributed by atoms with E-state index in [0.29, 0.717) is 5.56 Å². The minimum atomic E-state index is -2.90. The van der Waals surface area contributed by atoms with E-state index in [2.05, 4.69) is 4.74 Å². The molecule has 0 saturated heterocycles. The van der Waals surface area contributed by atoms with Gasteiger partial charge in [0.2, 0.25) is 0 Å². The number of rotatable bonds is 4. The van der Waals surface area contributed by atoms with Crippen LogP contribution in [-0.4, -0.2) is 18.3 Å². The summed E-state index contributed by atoms with van der Waals surface area (Å²) in [6, 6.07) is 6.15. The van der Waals surface area contributed by atoms with Crippen LogP contribution in [0.25, 0.3) is 0 Å². The largest absolute Gasteiger partial charge is 0.434 e. The summed E-state index contributed by atoms with van der Waals surface area (Å²) >= 11 is 0. The molecule has 0 aliphatic heterocycles. The van der Waals surface area contributed by atoms with Crippen molar-refractivity contribution in [2.45, 2.75) is 19.1 Å². The molecule has 3 N–H and O–H groups in total. The number of halogens is 2. The zero-order valence-corrected chi connectivity index (χ0v) is 8.28. The first kappa shape index (κ1) is 11.9. The molecule has 0 aliphatic rings. The average Bonchev–Trinajstić information content (AvgIpc) is 2.17. The molecule has 1 rings (SSSR count). The fourth-order valence-electron chi connectivity index (χ4n) is 1.22. The predicted octanol–water partition coefficient (Wildman–Crippen LogP) is 1.45. The second-order valence-electron chi connectivity index (χ2n) is 3.45. The van der Waals surface area contributed by atoms with Crippen LogP contribution >= 0.6 is 0 Å². The quantitative estimate of drug-likeness (QED) is 0.802. The molecule has 1 atom stereocenters. The molecule has 1 aromatic carbocycles. The first-order chi connectivity index (χ1) is 6.97. The van der Waals surface area contributed by atoms with Crippen molar-refractivity contribution in [1.82, 2.24) is 0 Å². The van der Waals surface area contributed by atoms with E-state index in [1.54, 1.807) is 25.1 Å². The van der Waals surface area contributed by atoms with E-state index in [9.17, 15) is 8.78 Å². The van der Waals surface area contributed by atoms with Gasteiger partial charge in [-0.2, -0.15) is 8.78 Å². The summed E-state index contributed by atoms with van der Waals surface area (Å²) in [6.07, 6.45) is 0. The lowest BCUT2D eigenvalue weighted by atomic mass is 9.93. The van der Waals surface area contributed by atoms with Crippen molar-refractivity contribution in [3.63, 3.8) is 0 Å². The van der Waals surface area contributed by atoms with Gasteiger partial charge in [-0.05, 0) is 13.0 Å². The Morgan fingerprint density at radius 3 is 2.60 bits per heavy atom. The molecule has 0 amide bonds. The summed E-state index contributed by atoms with van der Waals surface area (Å²) in [4.78, 5) is 0. The number of benzene rings is 1. The molecule has 1 aromatic rings. The van der Waals surface area contributed by atoms with Crippen molar-refractivity contribution in [3.05, 3.63) is 29.8 Å². The Morgan fingerprint density at radius 2 is 2.07 bits per heavy atom. The maximum absolute atomic E-state index is 12.1. The van der Waals surface area contributed by atoms with E-state index in [0.717, 1.165) is 0 Å². The van der Waals surface area contributed by atoms with Crippen LogP contribution in [0.5, 0.6) is 5.75 Å². The summed E-state index contributed by atoms with van der Waals surface area (Å²) in [6.45, 7) is -1.71. The van der Waals surface area contributed by atoms with Crippen LogP contribution < -0.4 is 10.5 Å². The van der Waals surface area contributed by atoms with Crippen molar-refractivity contribution in [2.24, 2.45) is 5.73 Å². The molecular weight excluding hydrogens is 204 g/mol. The standard InChI is InChI=1S/C10H13F2NO2/c1-10(13,6-14)7-4-2-3-5-8(7)15-9(11)12/h2-5,9,14H,6,13H2,1H3. The van der Waals surface area contributed by atoms with Crippen molar-refractivity contribution in [3.8, 4) is 5.75 Å². The minimum absolute atomic E-state index is 0.00782. The van der Waals surface area contributed by atoms with Crippen LogP contribution in [-0.2, 0) is 5.54 Å². The molecular formula is C10H13F2NO2. The van der Waals surface area contributed by atoms with Crippen LogP contribution in [0.1, 0.15) is 12.5 Å². The predicted molar refractivity (Wildman–Crippen MR) is 51.7 cm³/mol. The molecule has 84 valence electrons. The second kappa shape index (κ2) is 4.55. The van der Waals surface area contributed by atoms with E-state index in [1.807, 2.05) is 0 Å². The second-order valence-corrected chi connectivity index (χ2v) is 3.45. The summed E-state index contributed by atoms with van der Waals surface area (Å²) in [5, 5.41) is 9.04. The Kier molecular flexibility index (Phi) is 3.60. The fraction of sp³-hybridized carbons (Fsp3) is 0.400. The molecule has 0 aromatic heterocycles. The Balaban J connectivity index is 3.06. The number of aliphatic hydroxyl groups is 1. The summed E-state index contributed by atoms with van der Waals surface area (Å²) in [5.41, 5.74) is 5.00. The molecule has 1 unspecified atom stereocenters. The monoisotopic (exact) mass is 217 g/mol. The van der Waals surface area contributed by atoms with Gasteiger partial charge in [-0.1, -0.05) is 18.2 Å². The number of para-hydroxylation sites is 1. The molecule has 5 heteroatoms. The van der Waals surface area contributed by atoms with Crippen LogP contribution in [0.15, 0.2) is 24.3 Å². The van der Waals surface area contributed by atoms with Crippen molar-refractivity contribution >= 4 is 0 Å². The lowest BCUT2D eigenvalue weighted by Crippen LogP contribution is -2.37. The average molecular weight is 217 g/mol. The van der Waals surface area contributed by atoms with Crippen LogP contribution in [0.4, 0.5) is 8.78 Å². The smallest absolute Gasteiger partial charge is 0.387 e. The van der Waals surface area contributed by atoms with Crippen LogP contribution in [0, 0.1) is 0 Å². The SMILES string of the molecule is CC(N)(CO)c1ccccc1OC(F)F. The van der Waals surface area contributed by atoms with E-state index in [1.165, 1.54) is 6.07 Å². The minimum Gasteiger partial charge on any atom is -0.434 e. The van der Waals surface area contributed by atoms with Gasteiger partial charge < -0.3 is 15.6 Å². The fourth-order valence-corrected chi connectivity index (χ4v) is 1.22. The molecule has 0 fully saturated rings. The number of hydrogen-bond acceptors (Lipinski definition) is 3. The van der Waals surface area contributed by atoms with E-state index >= 15 is 0 Å². The zero-order valence-electron chi connectivity index (χ0n) is 8.28. The zero-order chi connectivity index (χ0) is 11.5. The van der Waals surface area contributed by atoms with Gasteiger partial charge in [0.1, 0.15) is 5.75 Å². The Bertz CT molecular complexity index is 329. The Labute approximate surface area is 86.5 Å². The maximum atomic E-state index is 12.1. The first-order valence-electron chi connectivity index (χ1n) is 4.41. The van der Waals surface area contributed by atoms with Gasteiger partial charge in [0.15, 0.2) is 0 Å². The number of hydrogen-bond donors (Lipinski definition) is 2. The van der Waals surface area contributed by atoms with Crippen LogP contribution in [0.3, 0.4) is 0 Å². The van der Waals surface area contributed by atoms with E-state index in [4.69, 9.17) is 10.8 Å². The third-order valence-electron chi connectivity index (χ3n) is 2.05. The van der Waals surface area contributed by atoms with E-state index < -0.39 is 12.2 Å². The number of nitrogens with two attached hydrogens (primary N) is 1. The lowest BCUT2D eigenvalue weighted by molar-refractivity contribution is -0.0512. The molecule has 0 aliphatic carbocycles. The highest BCUT2D eigenvalue weighted by molar-refractivity contribution is 5.38. The van der Waals surface area contributed by atoms with Crippen LogP contribution in [0.2, 0.25) is 0 Å². The van der Waals surface area contributed by atoms with Gasteiger partial charge in [-0.25, -0.2) is 0 Å². The van der Waals surface area contributed by atoms with Gasteiger partial charge in [-0.15, -0.1) is 0 Å². The van der Waals surface area contributed by atoms with Crippen molar-refractivity contribution < 1.29 is 18.6 Å². The Hall–Kier alpha value is -1.20. The number of ether oxygens (including phenoxy) is 1. The third kappa shape index (κ3) is 2.87. The lowest BCUT2D eigenvalue weighted by Gasteiger charge is -2.24. The van der Waals surface area contributed by atoms with Gasteiger partial charge in [-0.3, -0.25) is 0 Å². The molecule has 15 heavy (non-hydrogen) atoms. The highest BCUT2D eigenvalue weighted by Crippen LogP contribution is 2.28. The Morgan fingerprint density at radius 1 is 1.47 bits per heavy atom. The molecule has 0 saturated carbocycles. The normalized spacial score (nSPS) is 15.1. The van der Waals surface area contributed by atoms with E-state index in [-0.39, 0.29) is 12.4 Å². The first-order valence-corrected chi connectivity index (χ1v) is 4.41. The highest BCUT2D eigenvalue weighted by Gasteiger charge is 2.24. The molecule has 0 heterocycles. The molecule has 3 nitrogen and oxygen atoms in total. The highest BCUT2D eigenvalue weighted by atomic mass is 19.3. The van der Waals surface area contributed by atoms with Crippen molar-refractivity contribution in [2.75, 3.05) is 6.61 Å². The summed E-state index contributed by atoms with van der Waals surface area (Å²) in [7, 11) is 0. The van der Waals surface area contributed by atoms with Gasteiger partial charge in [0, 0.05) is 5.56 Å². The van der Waals surface area contributed by atoms with Gasteiger partial charge in [0.05, 0.1) is 12.1 Å². The van der Waals surface area contributed by atoms with Gasteiger partial charge in [0.25, 0.3) is 0 Å². The summed E-state index contributed by atoms with van der Waals surface area (Å²) in [5.74, 6) is -0.00782. The summed E-state index contributed by atoms with van der Waals surface area (Å²) < 4.78 is 28.4. The molecule has 0 radical (unpaired) electrons. The van der Waals surface area contributed by atoms with Gasteiger partial charge >= 0.3 is 6.61 Å². The maximum Gasteiger partial charge on any atom is 0.387 e. The number of aliphatic hydroxyl groups excluding tert-OH is 1. The number of alkyl halides is 2. The topological polar surface area (TPSA) is 55.5 Å². The third-order valence-corrected chi connectivity index (χ3v) is 2.05. The van der Waals surface area contributed by atoms with Crippen molar-refractivity contribution in [1.29, 1.82) is 0 Å².